The van der Waals surface area contributed by atoms with Crippen molar-refractivity contribution in [3.63, 3.8) is 0 Å². The van der Waals surface area contributed by atoms with Crippen LogP contribution in [0.2, 0.25) is 0 Å². The van der Waals surface area contributed by atoms with Crippen molar-refractivity contribution in [1.29, 1.82) is 0 Å². The van der Waals surface area contributed by atoms with Crippen LogP contribution in [0, 0.1) is 0 Å². The van der Waals surface area contributed by atoms with Crippen molar-refractivity contribution in [2.24, 2.45) is 0 Å². The molecule has 0 spiro atoms. The van der Waals surface area contributed by atoms with Crippen LogP contribution in [0.3, 0.4) is 0 Å². The van der Waals surface area contributed by atoms with Gasteiger partial charge < -0.3 is 9.47 Å². The summed E-state index contributed by atoms with van der Waals surface area (Å²) in [6.45, 7) is 1.23. The highest BCUT2D eigenvalue weighted by molar-refractivity contribution is 9.10. The molecule has 0 fully saturated rings. The third-order valence-corrected chi connectivity index (χ3v) is 3.05. The molecule has 2 nitrogen and oxygen atoms in total. The minimum atomic E-state index is 0.0812. The van der Waals surface area contributed by atoms with Crippen LogP contribution in [-0.2, 0) is 9.47 Å². The summed E-state index contributed by atoms with van der Waals surface area (Å²) in [7, 11) is 1.67. The second kappa shape index (κ2) is 7.39. The molecule has 0 heterocycles. The maximum Gasteiger partial charge on any atom is 0.0923 e. The first-order chi connectivity index (χ1) is 7.27. The van der Waals surface area contributed by atoms with E-state index in [2.05, 4.69) is 44.0 Å². The Kier molecular flexibility index (Phi) is 6.48. The number of benzene rings is 1. The average Bonchev–Trinajstić information content (AvgIpc) is 2.24. The van der Waals surface area contributed by atoms with E-state index in [0.29, 0.717) is 13.2 Å². The van der Waals surface area contributed by atoms with Gasteiger partial charge in [0.2, 0.25) is 0 Å². The molecule has 1 aromatic rings. The molecule has 0 saturated carbocycles. The zero-order valence-electron chi connectivity index (χ0n) is 8.58. The van der Waals surface area contributed by atoms with Crippen LogP contribution in [0.5, 0.6) is 0 Å². The van der Waals surface area contributed by atoms with Gasteiger partial charge in [0.05, 0.1) is 19.3 Å². The lowest BCUT2D eigenvalue weighted by atomic mass is 10.1. The Hall–Kier alpha value is 0.1000. The van der Waals surface area contributed by atoms with Crippen LogP contribution in [0.1, 0.15) is 11.7 Å². The molecule has 0 aliphatic rings. The quantitative estimate of drug-likeness (QED) is 0.584. The molecule has 0 aromatic heterocycles. The Bertz CT molecular complexity index is 292. The second-order valence-corrected chi connectivity index (χ2v) is 4.62. The third-order valence-electron chi connectivity index (χ3n) is 1.97. The molecular weight excluding hydrogens is 324 g/mol. The van der Waals surface area contributed by atoms with E-state index in [1.807, 2.05) is 12.1 Å². The maximum atomic E-state index is 5.68. The number of methoxy groups -OCH3 is 1. The molecular formula is C11H14Br2O2. The number of rotatable bonds is 6. The number of alkyl halides is 1. The molecule has 0 radical (unpaired) electrons. The summed E-state index contributed by atoms with van der Waals surface area (Å²) in [5.74, 6) is 0. The van der Waals surface area contributed by atoms with Crippen molar-refractivity contribution in [1.82, 2.24) is 0 Å². The van der Waals surface area contributed by atoms with Crippen LogP contribution in [-0.4, -0.2) is 25.7 Å². The molecule has 1 aromatic carbocycles. The van der Waals surface area contributed by atoms with Crippen molar-refractivity contribution in [3.05, 3.63) is 34.3 Å². The molecule has 0 N–H and O–H groups in total. The molecule has 0 aliphatic carbocycles. The average molecular weight is 338 g/mol. The normalized spacial score (nSPS) is 12.7. The topological polar surface area (TPSA) is 18.5 Å². The van der Waals surface area contributed by atoms with Crippen molar-refractivity contribution < 1.29 is 9.47 Å². The molecule has 4 heteroatoms. The van der Waals surface area contributed by atoms with Gasteiger partial charge in [-0.15, -0.1) is 0 Å². The van der Waals surface area contributed by atoms with E-state index in [1.165, 1.54) is 0 Å². The largest absolute Gasteiger partial charge is 0.382 e. The Labute approximate surface area is 107 Å². The van der Waals surface area contributed by atoms with E-state index in [1.54, 1.807) is 7.11 Å². The second-order valence-electron chi connectivity index (χ2n) is 3.06. The summed E-state index contributed by atoms with van der Waals surface area (Å²) in [5, 5.41) is 0.785. The minimum Gasteiger partial charge on any atom is -0.382 e. The lowest BCUT2D eigenvalue weighted by Crippen LogP contribution is -2.10. The summed E-state index contributed by atoms with van der Waals surface area (Å²) >= 11 is 6.89. The summed E-state index contributed by atoms with van der Waals surface area (Å²) in [5.41, 5.74) is 1.16. The van der Waals surface area contributed by atoms with Crippen molar-refractivity contribution in [2.75, 3.05) is 25.7 Å². The van der Waals surface area contributed by atoms with Gasteiger partial charge in [0, 0.05) is 16.9 Å². The predicted octanol–water partition coefficient (Wildman–Crippen LogP) is 3.55. The highest BCUT2D eigenvalue weighted by Crippen LogP contribution is 2.22. The van der Waals surface area contributed by atoms with Crippen LogP contribution in [0.4, 0.5) is 0 Å². The van der Waals surface area contributed by atoms with Gasteiger partial charge in [0.1, 0.15) is 0 Å². The molecule has 0 saturated heterocycles. The van der Waals surface area contributed by atoms with E-state index in [9.17, 15) is 0 Å². The minimum absolute atomic E-state index is 0.0812. The lowest BCUT2D eigenvalue weighted by Gasteiger charge is -2.15. The zero-order chi connectivity index (χ0) is 11.1. The number of hydrogen-bond donors (Lipinski definition) is 0. The van der Waals surface area contributed by atoms with Gasteiger partial charge in [-0.05, 0) is 17.7 Å². The van der Waals surface area contributed by atoms with E-state index < -0.39 is 0 Å². The van der Waals surface area contributed by atoms with Crippen molar-refractivity contribution in [3.8, 4) is 0 Å². The Morgan fingerprint density at radius 3 is 2.73 bits per heavy atom. The Balaban J connectivity index is 2.57. The molecule has 1 unspecified atom stereocenters. The van der Waals surface area contributed by atoms with Crippen LogP contribution >= 0.6 is 31.9 Å². The smallest absolute Gasteiger partial charge is 0.0923 e. The fourth-order valence-electron chi connectivity index (χ4n) is 1.21. The molecule has 1 atom stereocenters. The van der Waals surface area contributed by atoms with Gasteiger partial charge in [-0.2, -0.15) is 0 Å². The first-order valence-electron chi connectivity index (χ1n) is 4.70. The highest BCUT2D eigenvalue weighted by Gasteiger charge is 2.10. The number of ether oxygens (including phenoxy) is 2. The third kappa shape index (κ3) is 4.64. The molecule has 15 heavy (non-hydrogen) atoms. The Morgan fingerprint density at radius 1 is 1.33 bits per heavy atom. The molecule has 84 valence electrons. The van der Waals surface area contributed by atoms with Gasteiger partial charge in [-0.3, -0.25) is 0 Å². The summed E-state index contributed by atoms with van der Waals surface area (Å²) in [6.07, 6.45) is 0.0812. The zero-order valence-corrected chi connectivity index (χ0v) is 11.8. The van der Waals surface area contributed by atoms with Gasteiger partial charge >= 0.3 is 0 Å². The standard InChI is InChI=1S/C11H14Br2O2/c1-14-5-6-15-11(8-12)9-3-2-4-10(13)7-9/h2-4,7,11H,5-6,8H2,1H3. The fraction of sp³-hybridized carbons (Fsp3) is 0.455. The molecule has 0 aliphatic heterocycles. The highest BCUT2D eigenvalue weighted by atomic mass is 79.9. The molecule has 0 amide bonds. The SMILES string of the molecule is COCCOC(CBr)c1cccc(Br)c1. The Morgan fingerprint density at radius 2 is 2.13 bits per heavy atom. The van der Waals surface area contributed by atoms with Crippen molar-refractivity contribution >= 4 is 31.9 Å². The number of hydrogen-bond acceptors (Lipinski definition) is 2. The van der Waals surface area contributed by atoms with Crippen LogP contribution in [0.25, 0.3) is 0 Å². The van der Waals surface area contributed by atoms with Gasteiger partial charge in [-0.25, -0.2) is 0 Å². The summed E-state index contributed by atoms with van der Waals surface area (Å²) in [6, 6.07) is 8.14. The van der Waals surface area contributed by atoms with E-state index in [0.717, 1.165) is 15.4 Å². The van der Waals surface area contributed by atoms with Crippen LogP contribution < -0.4 is 0 Å². The number of halogens is 2. The van der Waals surface area contributed by atoms with E-state index in [4.69, 9.17) is 9.47 Å². The summed E-state index contributed by atoms with van der Waals surface area (Å²) in [4.78, 5) is 0. The lowest BCUT2D eigenvalue weighted by molar-refractivity contribution is 0.0284. The van der Waals surface area contributed by atoms with E-state index in [-0.39, 0.29) is 6.10 Å². The van der Waals surface area contributed by atoms with Gasteiger partial charge in [-0.1, -0.05) is 44.0 Å². The van der Waals surface area contributed by atoms with Gasteiger partial charge in [0.15, 0.2) is 0 Å². The first-order valence-corrected chi connectivity index (χ1v) is 6.61. The van der Waals surface area contributed by atoms with Crippen molar-refractivity contribution in [2.45, 2.75) is 6.10 Å². The fourth-order valence-corrected chi connectivity index (χ4v) is 2.19. The molecule has 0 bridgehead atoms. The van der Waals surface area contributed by atoms with Gasteiger partial charge in [0.25, 0.3) is 0 Å². The monoisotopic (exact) mass is 336 g/mol. The maximum absolute atomic E-state index is 5.68. The molecule has 1 rings (SSSR count). The van der Waals surface area contributed by atoms with E-state index >= 15 is 0 Å². The predicted molar refractivity (Wildman–Crippen MR) is 68.5 cm³/mol. The first kappa shape index (κ1) is 13.2. The summed E-state index contributed by atoms with van der Waals surface area (Å²) < 4.78 is 11.7. The van der Waals surface area contributed by atoms with Crippen LogP contribution in [0.15, 0.2) is 28.7 Å².